The zero-order valence-corrected chi connectivity index (χ0v) is 23.4. The molecule has 7 nitrogen and oxygen atoms in total. The largest absolute Gasteiger partial charge is 0.508 e. The minimum atomic E-state index is -0.0596. The highest BCUT2D eigenvalue weighted by Crippen LogP contribution is 2.37. The van der Waals surface area contributed by atoms with Crippen molar-refractivity contribution in [2.45, 2.75) is 0 Å². The van der Waals surface area contributed by atoms with Crippen molar-refractivity contribution >= 4 is 68.8 Å². The van der Waals surface area contributed by atoms with Gasteiger partial charge in [-0.25, -0.2) is 0 Å². The van der Waals surface area contributed by atoms with Crippen LogP contribution in [0.3, 0.4) is 0 Å². The molecule has 5 N–H and O–H groups in total. The Bertz CT molecular complexity index is 1920. The first kappa shape index (κ1) is 27.5. The number of hydrogen-bond donors (Lipinski definition) is 5. The number of phenolic OH excluding ortho intramolecular Hbond substituents is 3. The molecule has 0 fully saturated rings. The molecule has 0 amide bonds. The smallest absolute Gasteiger partial charge is 0.175 e. The Morgan fingerprint density at radius 1 is 0.575 bits per heavy atom. The van der Waals surface area contributed by atoms with Gasteiger partial charge in [0.25, 0.3) is 0 Å². The molecule has 1 aromatic heterocycles. The second-order valence-corrected chi connectivity index (χ2v) is 10.2. The van der Waals surface area contributed by atoms with Crippen LogP contribution in [-0.4, -0.2) is 25.3 Å². The standard InChI is InChI=1S/C16H11ClO3.C13H8Cl2N2O2S/c17-12-3-6-16(15(19)9-12)20-14-5-2-10-7-13(18)4-1-11(10)8-14;14-6-1-2-11(10(18)3-6)19-12-5-9-8(4-7(12)15)16-13(20)17-9/h1-9,18-19H;1-5,18H,(H2,16,17,20). The lowest BCUT2D eigenvalue weighted by molar-refractivity contribution is 0.411. The average molecular weight is 614 g/mol. The zero-order chi connectivity index (χ0) is 28.4. The number of imidazole rings is 1. The first-order valence-corrected chi connectivity index (χ1v) is 13.2. The van der Waals surface area contributed by atoms with E-state index < -0.39 is 0 Å². The van der Waals surface area contributed by atoms with E-state index in [-0.39, 0.29) is 23.0 Å². The predicted molar refractivity (Wildman–Crippen MR) is 160 cm³/mol. The van der Waals surface area contributed by atoms with E-state index in [4.69, 9.17) is 56.5 Å². The number of H-pyrrole nitrogens is 2. The van der Waals surface area contributed by atoms with Gasteiger partial charge in [-0.2, -0.15) is 0 Å². The van der Waals surface area contributed by atoms with Gasteiger partial charge in [0.1, 0.15) is 17.2 Å². The first-order valence-electron chi connectivity index (χ1n) is 11.6. The second-order valence-electron chi connectivity index (χ2n) is 8.53. The maximum atomic E-state index is 9.78. The normalized spacial score (nSPS) is 10.8. The van der Waals surface area contributed by atoms with Gasteiger partial charge in [-0.15, -0.1) is 0 Å². The van der Waals surface area contributed by atoms with E-state index in [2.05, 4.69) is 9.97 Å². The Labute approximate surface area is 247 Å². The summed E-state index contributed by atoms with van der Waals surface area (Å²) < 4.78 is 11.7. The molecular weight excluding hydrogens is 595 g/mol. The minimum Gasteiger partial charge on any atom is -0.508 e. The number of aromatic amines is 2. The van der Waals surface area contributed by atoms with Crippen molar-refractivity contribution < 1.29 is 24.8 Å². The molecule has 0 radical (unpaired) electrons. The van der Waals surface area contributed by atoms with Crippen molar-refractivity contribution in [3.63, 3.8) is 0 Å². The highest BCUT2D eigenvalue weighted by molar-refractivity contribution is 7.71. The summed E-state index contributed by atoms with van der Waals surface area (Å²) in [4.78, 5) is 5.93. The molecule has 6 aromatic rings. The van der Waals surface area contributed by atoms with E-state index in [0.29, 0.717) is 37.1 Å². The number of aromatic hydroxyl groups is 3. The summed E-state index contributed by atoms with van der Waals surface area (Å²) in [6.07, 6.45) is 0. The number of fused-ring (bicyclic) bond motifs is 2. The lowest BCUT2D eigenvalue weighted by atomic mass is 10.1. The Morgan fingerprint density at radius 3 is 1.80 bits per heavy atom. The Kier molecular flexibility index (Phi) is 7.95. The van der Waals surface area contributed by atoms with Crippen LogP contribution in [0.2, 0.25) is 15.1 Å². The van der Waals surface area contributed by atoms with Gasteiger partial charge in [0.05, 0.1) is 16.1 Å². The van der Waals surface area contributed by atoms with Crippen LogP contribution in [0.5, 0.6) is 40.2 Å². The molecule has 0 bridgehead atoms. The van der Waals surface area contributed by atoms with Crippen LogP contribution >= 0.6 is 47.0 Å². The van der Waals surface area contributed by atoms with Crippen molar-refractivity contribution in [1.29, 1.82) is 0 Å². The lowest BCUT2D eigenvalue weighted by Gasteiger charge is -2.09. The van der Waals surface area contributed by atoms with Crippen molar-refractivity contribution in [2.24, 2.45) is 0 Å². The van der Waals surface area contributed by atoms with E-state index in [1.807, 2.05) is 12.1 Å². The summed E-state index contributed by atoms with van der Waals surface area (Å²) in [6, 6.07) is 23.2. The quantitative estimate of drug-likeness (QED) is 0.127. The van der Waals surface area contributed by atoms with E-state index in [0.717, 1.165) is 21.8 Å². The number of ether oxygens (including phenoxy) is 2. The maximum Gasteiger partial charge on any atom is 0.175 e. The second kappa shape index (κ2) is 11.6. The zero-order valence-electron chi connectivity index (χ0n) is 20.3. The molecule has 11 heteroatoms. The number of rotatable bonds is 4. The molecule has 0 aliphatic heterocycles. The number of phenols is 3. The van der Waals surface area contributed by atoms with E-state index in [1.165, 1.54) is 12.1 Å². The Morgan fingerprint density at radius 2 is 1.15 bits per heavy atom. The topological polar surface area (TPSA) is 111 Å². The fourth-order valence-electron chi connectivity index (χ4n) is 3.79. The SMILES string of the molecule is Oc1cc(Cl)ccc1Oc1cc2[nH]c(=S)[nH]c2cc1Cl.Oc1ccc2cc(Oc3ccc(Cl)cc3O)ccc2c1. The van der Waals surface area contributed by atoms with Gasteiger partial charge in [-0.05, 0) is 77.6 Å². The highest BCUT2D eigenvalue weighted by atomic mass is 35.5. The molecule has 0 saturated carbocycles. The first-order chi connectivity index (χ1) is 19.1. The summed E-state index contributed by atoms with van der Waals surface area (Å²) in [7, 11) is 0. The van der Waals surface area contributed by atoms with Crippen molar-refractivity contribution in [1.82, 2.24) is 9.97 Å². The molecule has 202 valence electrons. The molecule has 0 saturated heterocycles. The van der Waals surface area contributed by atoms with Crippen molar-refractivity contribution in [2.75, 3.05) is 0 Å². The van der Waals surface area contributed by atoms with Crippen LogP contribution in [0, 0.1) is 4.77 Å². The molecule has 0 aliphatic rings. The maximum absolute atomic E-state index is 9.78. The molecule has 0 aliphatic carbocycles. The number of aromatic nitrogens is 2. The molecular formula is C29H19Cl3N2O5S. The highest BCUT2D eigenvalue weighted by Gasteiger charge is 2.10. The summed E-state index contributed by atoms with van der Waals surface area (Å²) in [5, 5.41) is 32.1. The van der Waals surface area contributed by atoms with Gasteiger partial charge in [-0.3, -0.25) is 0 Å². The summed E-state index contributed by atoms with van der Waals surface area (Å²) in [5.74, 6) is 1.76. The third kappa shape index (κ3) is 6.38. The van der Waals surface area contributed by atoms with Crippen LogP contribution in [-0.2, 0) is 0 Å². The third-order valence-corrected chi connectivity index (χ3v) is 6.62. The van der Waals surface area contributed by atoms with Gasteiger partial charge in [0.15, 0.2) is 27.8 Å². The van der Waals surface area contributed by atoms with Crippen LogP contribution in [0.4, 0.5) is 0 Å². The average Bonchev–Trinajstić information content (AvgIpc) is 3.26. The van der Waals surface area contributed by atoms with Crippen LogP contribution in [0.1, 0.15) is 0 Å². The molecule has 0 atom stereocenters. The van der Waals surface area contributed by atoms with E-state index in [9.17, 15) is 15.3 Å². The molecule has 0 unspecified atom stereocenters. The monoisotopic (exact) mass is 612 g/mol. The van der Waals surface area contributed by atoms with Gasteiger partial charge in [-0.1, -0.05) is 46.9 Å². The van der Waals surface area contributed by atoms with Gasteiger partial charge in [0, 0.05) is 28.2 Å². The van der Waals surface area contributed by atoms with Crippen LogP contribution in [0.15, 0.2) is 84.9 Å². The fourth-order valence-corrected chi connectivity index (χ4v) is 4.54. The fraction of sp³-hybridized carbons (Fsp3) is 0. The number of halogens is 3. The summed E-state index contributed by atoms with van der Waals surface area (Å²) in [6.45, 7) is 0. The van der Waals surface area contributed by atoms with Gasteiger partial charge < -0.3 is 34.8 Å². The van der Waals surface area contributed by atoms with Crippen molar-refractivity contribution in [3.8, 4) is 40.2 Å². The summed E-state index contributed by atoms with van der Waals surface area (Å²) >= 11 is 22.7. The Balaban J connectivity index is 0.000000161. The van der Waals surface area contributed by atoms with E-state index >= 15 is 0 Å². The molecule has 6 rings (SSSR count). The molecule has 1 heterocycles. The summed E-state index contributed by atoms with van der Waals surface area (Å²) in [5.41, 5.74) is 1.55. The minimum absolute atomic E-state index is 0.0108. The van der Waals surface area contributed by atoms with Crippen LogP contribution in [0.25, 0.3) is 21.8 Å². The third-order valence-electron chi connectivity index (χ3n) is 5.65. The Hall–Kier alpha value is -4.08. The van der Waals surface area contributed by atoms with Gasteiger partial charge in [0.2, 0.25) is 0 Å². The predicted octanol–water partition coefficient (Wildman–Crippen LogP) is 9.73. The molecule has 40 heavy (non-hydrogen) atoms. The lowest BCUT2D eigenvalue weighted by Crippen LogP contribution is -1.86. The van der Waals surface area contributed by atoms with Crippen molar-refractivity contribution in [3.05, 3.63) is 105 Å². The number of nitrogens with one attached hydrogen (secondary N) is 2. The number of benzene rings is 5. The van der Waals surface area contributed by atoms with Gasteiger partial charge >= 0.3 is 0 Å². The number of hydrogen-bond acceptors (Lipinski definition) is 6. The molecule has 0 spiro atoms. The van der Waals surface area contributed by atoms with Crippen LogP contribution < -0.4 is 9.47 Å². The van der Waals surface area contributed by atoms with E-state index in [1.54, 1.807) is 60.7 Å². The molecule has 5 aromatic carbocycles.